The number of para-hydroxylation sites is 1. The van der Waals surface area contributed by atoms with Gasteiger partial charge in [0.2, 0.25) is 5.91 Å². The molecular weight excluding hydrogens is 342 g/mol. The number of hydrogen-bond acceptors (Lipinski definition) is 4. The lowest BCUT2D eigenvalue weighted by atomic mass is 10.1. The van der Waals surface area contributed by atoms with Gasteiger partial charge < -0.3 is 21.1 Å². The van der Waals surface area contributed by atoms with Gasteiger partial charge in [-0.05, 0) is 30.7 Å². The fourth-order valence-electron chi connectivity index (χ4n) is 2.60. The smallest absolute Gasteiger partial charge is 0.250 e. The molecular formula is C21H27N3O3. The van der Waals surface area contributed by atoms with Gasteiger partial charge in [-0.1, -0.05) is 44.4 Å². The maximum atomic E-state index is 12.2. The van der Waals surface area contributed by atoms with Gasteiger partial charge in [-0.15, -0.1) is 0 Å². The summed E-state index contributed by atoms with van der Waals surface area (Å²) in [7, 11) is 0. The van der Waals surface area contributed by atoms with Crippen LogP contribution in [0.1, 0.15) is 43.0 Å². The molecule has 0 aliphatic carbocycles. The molecule has 0 aromatic heterocycles. The van der Waals surface area contributed by atoms with Crippen molar-refractivity contribution in [3.63, 3.8) is 0 Å². The molecule has 0 saturated carbocycles. The van der Waals surface area contributed by atoms with E-state index in [1.54, 1.807) is 24.3 Å². The molecule has 0 atom stereocenters. The molecule has 0 radical (unpaired) electrons. The van der Waals surface area contributed by atoms with Crippen molar-refractivity contribution in [2.75, 3.05) is 23.8 Å². The van der Waals surface area contributed by atoms with E-state index in [1.165, 1.54) is 19.3 Å². The predicted octanol–water partition coefficient (Wildman–Crippen LogP) is 3.80. The van der Waals surface area contributed by atoms with Crippen LogP contribution in [-0.4, -0.2) is 25.0 Å². The molecule has 2 rings (SSSR count). The molecule has 6 nitrogen and oxygen atoms in total. The predicted molar refractivity (Wildman–Crippen MR) is 108 cm³/mol. The van der Waals surface area contributed by atoms with Crippen LogP contribution in [0.4, 0.5) is 11.4 Å². The maximum absolute atomic E-state index is 12.2. The van der Waals surface area contributed by atoms with Crippen molar-refractivity contribution >= 4 is 23.2 Å². The highest BCUT2D eigenvalue weighted by molar-refractivity contribution is 6.03. The first-order valence-corrected chi connectivity index (χ1v) is 9.25. The number of hydrogen-bond donors (Lipinski definition) is 3. The zero-order valence-corrected chi connectivity index (χ0v) is 15.7. The second-order valence-electron chi connectivity index (χ2n) is 6.25. The molecule has 144 valence electrons. The number of anilines is 2. The molecule has 0 spiro atoms. The van der Waals surface area contributed by atoms with Crippen molar-refractivity contribution in [2.45, 2.75) is 32.6 Å². The standard InChI is InChI=1S/C21H27N3O3/c1-2-3-4-7-13-27-17-10-8-9-16(14-17)23-15-20(25)24-19-12-6-5-11-18(19)21(22)26/h5-6,8-12,14,23H,2-4,7,13,15H2,1H3,(H2,22,26)(H,24,25). The minimum absolute atomic E-state index is 0.0625. The van der Waals surface area contributed by atoms with Crippen LogP contribution in [-0.2, 0) is 4.79 Å². The Bertz CT molecular complexity index is 762. The van der Waals surface area contributed by atoms with Crippen molar-refractivity contribution in [3.8, 4) is 5.75 Å². The number of unbranched alkanes of at least 4 members (excludes halogenated alkanes) is 3. The van der Waals surface area contributed by atoms with E-state index in [9.17, 15) is 9.59 Å². The summed E-state index contributed by atoms with van der Waals surface area (Å²) in [5.74, 6) is -0.0757. The van der Waals surface area contributed by atoms with Crippen LogP contribution in [0.3, 0.4) is 0 Å². The first-order chi connectivity index (χ1) is 13.1. The van der Waals surface area contributed by atoms with Crippen LogP contribution in [0.5, 0.6) is 5.75 Å². The highest BCUT2D eigenvalue weighted by Crippen LogP contribution is 2.18. The number of ether oxygens (including phenoxy) is 1. The molecule has 0 fully saturated rings. The van der Waals surface area contributed by atoms with Crippen LogP contribution < -0.4 is 21.1 Å². The molecule has 27 heavy (non-hydrogen) atoms. The van der Waals surface area contributed by atoms with E-state index in [-0.39, 0.29) is 18.0 Å². The molecule has 0 heterocycles. The van der Waals surface area contributed by atoms with Gasteiger partial charge in [0.1, 0.15) is 5.75 Å². The number of primary amides is 1. The molecule has 2 aromatic carbocycles. The molecule has 6 heteroatoms. The van der Waals surface area contributed by atoms with Crippen LogP contribution in [0.15, 0.2) is 48.5 Å². The summed E-state index contributed by atoms with van der Waals surface area (Å²) in [6.45, 7) is 2.93. The molecule has 0 unspecified atom stereocenters. The zero-order valence-electron chi connectivity index (χ0n) is 15.7. The first-order valence-electron chi connectivity index (χ1n) is 9.25. The monoisotopic (exact) mass is 369 g/mol. The van der Waals surface area contributed by atoms with Crippen LogP contribution >= 0.6 is 0 Å². The Hall–Kier alpha value is -3.02. The van der Waals surface area contributed by atoms with Gasteiger partial charge >= 0.3 is 0 Å². The Morgan fingerprint density at radius 3 is 2.63 bits per heavy atom. The molecule has 4 N–H and O–H groups in total. The van der Waals surface area contributed by atoms with E-state index < -0.39 is 5.91 Å². The second-order valence-corrected chi connectivity index (χ2v) is 6.25. The van der Waals surface area contributed by atoms with Crippen LogP contribution in [0.2, 0.25) is 0 Å². The third-order valence-electron chi connectivity index (χ3n) is 4.02. The van der Waals surface area contributed by atoms with Crippen molar-refractivity contribution in [3.05, 3.63) is 54.1 Å². The SMILES string of the molecule is CCCCCCOc1cccc(NCC(=O)Nc2ccccc2C(N)=O)c1. The largest absolute Gasteiger partial charge is 0.494 e. The fraction of sp³-hybridized carbons (Fsp3) is 0.333. The Kier molecular flexibility index (Phi) is 8.16. The van der Waals surface area contributed by atoms with Gasteiger partial charge in [0.25, 0.3) is 5.91 Å². The minimum atomic E-state index is -0.581. The van der Waals surface area contributed by atoms with Gasteiger partial charge in [-0.2, -0.15) is 0 Å². The van der Waals surface area contributed by atoms with Gasteiger partial charge in [0.05, 0.1) is 24.4 Å². The van der Waals surface area contributed by atoms with E-state index in [2.05, 4.69) is 17.6 Å². The number of carbonyl (C=O) groups is 2. The average Bonchev–Trinajstić information content (AvgIpc) is 2.67. The number of amides is 2. The Labute approximate surface area is 160 Å². The Morgan fingerprint density at radius 1 is 1.04 bits per heavy atom. The Morgan fingerprint density at radius 2 is 1.85 bits per heavy atom. The van der Waals surface area contributed by atoms with Gasteiger partial charge in [0, 0.05) is 11.8 Å². The summed E-state index contributed by atoms with van der Waals surface area (Å²) in [5.41, 5.74) is 6.80. The summed E-state index contributed by atoms with van der Waals surface area (Å²) >= 11 is 0. The summed E-state index contributed by atoms with van der Waals surface area (Å²) in [5, 5.41) is 5.75. The fourth-order valence-corrected chi connectivity index (χ4v) is 2.60. The van der Waals surface area contributed by atoms with Crippen molar-refractivity contribution in [1.82, 2.24) is 0 Å². The molecule has 0 saturated heterocycles. The number of carbonyl (C=O) groups excluding carboxylic acids is 2. The minimum Gasteiger partial charge on any atom is -0.494 e. The van der Waals surface area contributed by atoms with Crippen molar-refractivity contribution < 1.29 is 14.3 Å². The van der Waals surface area contributed by atoms with Gasteiger partial charge in [-0.3, -0.25) is 9.59 Å². The number of benzene rings is 2. The highest BCUT2D eigenvalue weighted by Gasteiger charge is 2.10. The number of nitrogens with one attached hydrogen (secondary N) is 2. The third-order valence-corrected chi connectivity index (χ3v) is 4.02. The Balaban J connectivity index is 1.83. The number of rotatable bonds is 11. The van der Waals surface area contributed by atoms with Crippen LogP contribution in [0, 0.1) is 0 Å². The summed E-state index contributed by atoms with van der Waals surface area (Å²) in [6.07, 6.45) is 4.62. The maximum Gasteiger partial charge on any atom is 0.250 e. The molecule has 2 aromatic rings. The van der Waals surface area contributed by atoms with E-state index in [4.69, 9.17) is 10.5 Å². The van der Waals surface area contributed by atoms with E-state index in [0.29, 0.717) is 12.3 Å². The van der Waals surface area contributed by atoms with Crippen molar-refractivity contribution in [1.29, 1.82) is 0 Å². The lowest BCUT2D eigenvalue weighted by Gasteiger charge is -2.11. The lowest BCUT2D eigenvalue weighted by Crippen LogP contribution is -2.24. The van der Waals surface area contributed by atoms with Crippen LogP contribution in [0.25, 0.3) is 0 Å². The molecule has 0 aliphatic heterocycles. The van der Waals surface area contributed by atoms with Gasteiger partial charge in [-0.25, -0.2) is 0 Å². The normalized spacial score (nSPS) is 10.3. The summed E-state index contributed by atoms with van der Waals surface area (Å²) < 4.78 is 5.75. The average molecular weight is 369 g/mol. The number of nitrogens with two attached hydrogens (primary N) is 1. The van der Waals surface area contributed by atoms with E-state index in [1.807, 2.05) is 24.3 Å². The topological polar surface area (TPSA) is 93.4 Å². The summed E-state index contributed by atoms with van der Waals surface area (Å²) in [6, 6.07) is 14.2. The van der Waals surface area contributed by atoms with Gasteiger partial charge in [0.15, 0.2) is 0 Å². The molecule has 0 bridgehead atoms. The second kappa shape index (κ2) is 10.9. The zero-order chi connectivity index (χ0) is 19.5. The van der Waals surface area contributed by atoms with Crippen molar-refractivity contribution in [2.24, 2.45) is 5.73 Å². The lowest BCUT2D eigenvalue weighted by molar-refractivity contribution is -0.114. The first kappa shape index (κ1) is 20.3. The van der Waals surface area contributed by atoms with E-state index in [0.717, 1.165) is 17.9 Å². The third kappa shape index (κ3) is 7.01. The molecule has 0 aliphatic rings. The molecule has 2 amide bonds. The van der Waals surface area contributed by atoms with E-state index >= 15 is 0 Å². The quantitative estimate of drug-likeness (QED) is 0.525. The summed E-state index contributed by atoms with van der Waals surface area (Å²) in [4.78, 5) is 23.6. The highest BCUT2D eigenvalue weighted by atomic mass is 16.5.